The number of carbonyl (C=O) groups is 2. The number of ether oxygens (including phenoxy) is 1. The van der Waals surface area contributed by atoms with Crippen LogP contribution in [-0.2, 0) is 4.79 Å². The Labute approximate surface area is 113 Å². The van der Waals surface area contributed by atoms with E-state index in [2.05, 4.69) is 11.9 Å². The topological polar surface area (TPSA) is 55.4 Å². The van der Waals surface area contributed by atoms with Crippen LogP contribution in [0.3, 0.4) is 0 Å². The van der Waals surface area contributed by atoms with Crippen molar-refractivity contribution >= 4 is 11.7 Å². The van der Waals surface area contributed by atoms with E-state index in [4.69, 9.17) is 4.74 Å². The molecule has 1 atom stereocenters. The zero-order valence-corrected chi connectivity index (χ0v) is 11.3. The lowest BCUT2D eigenvalue weighted by Crippen LogP contribution is -2.35. The van der Waals surface area contributed by atoms with Crippen LogP contribution in [0.1, 0.15) is 23.7 Å². The number of rotatable bonds is 7. The number of methoxy groups -OCH3 is 1. The average Bonchev–Trinajstić information content (AvgIpc) is 2.44. The Hall–Kier alpha value is -2.10. The molecular formula is C15H19NO3. The van der Waals surface area contributed by atoms with Gasteiger partial charge in [0.2, 0.25) is 5.91 Å². The van der Waals surface area contributed by atoms with Gasteiger partial charge >= 0.3 is 0 Å². The quantitative estimate of drug-likeness (QED) is 0.465. The molecule has 0 aliphatic carbocycles. The Balaban J connectivity index is 2.91. The van der Waals surface area contributed by atoms with Gasteiger partial charge in [0.15, 0.2) is 5.78 Å². The minimum Gasteiger partial charge on any atom is -0.497 e. The zero-order valence-electron chi connectivity index (χ0n) is 11.3. The Kier molecular flexibility index (Phi) is 5.79. The van der Waals surface area contributed by atoms with Crippen LogP contribution in [-0.4, -0.2) is 25.3 Å². The Morgan fingerprint density at radius 2 is 2.00 bits per heavy atom. The molecule has 0 saturated carbocycles. The molecule has 1 aromatic rings. The number of hydrogen-bond acceptors (Lipinski definition) is 3. The first-order chi connectivity index (χ1) is 9.13. The van der Waals surface area contributed by atoms with E-state index in [1.165, 1.54) is 0 Å². The van der Waals surface area contributed by atoms with Crippen LogP contribution < -0.4 is 10.1 Å². The van der Waals surface area contributed by atoms with E-state index in [-0.39, 0.29) is 11.7 Å². The van der Waals surface area contributed by atoms with Crippen molar-refractivity contribution in [3.63, 3.8) is 0 Å². The van der Waals surface area contributed by atoms with Crippen LogP contribution in [0.15, 0.2) is 36.9 Å². The molecule has 1 unspecified atom stereocenters. The van der Waals surface area contributed by atoms with Gasteiger partial charge in [-0.2, -0.15) is 0 Å². The minimum absolute atomic E-state index is 0.200. The van der Waals surface area contributed by atoms with Crippen molar-refractivity contribution < 1.29 is 14.3 Å². The maximum atomic E-state index is 12.3. The summed E-state index contributed by atoms with van der Waals surface area (Å²) in [5.41, 5.74) is 0.499. The maximum absolute atomic E-state index is 12.3. The zero-order chi connectivity index (χ0) is 14.3. The van der Waals surface area contributed by atoms with E-state index in [9.17, 15) is 9.59 Å². The lowest BCUT2D eigenvalue weighted by atomic mass is 9.93. The van der Waals surface area contributed by atoms with Gasteiger partial charge in [0.25, 0.3) is 0 Å². The molecule has 1 aromatic carbocycles. The van der Waals surface area contributed by atoms with Crippen molar-refractivity contribution in [3.05, 3.63) is 42.5 Å². The molecule has 0 bridgehead atoms. The van der Waals surface area contributed by atoms with Crippen molar-refractivity contribution in [2.45, 2.75) is 13.3 Å². The van der Waals surface area contributed by atoms with Crippen LogP contribution in [0.2, 0.25) is 0 Å². The third-order valence-corrected chi connectivity index (χ3v) is 2.76. The molecule has 0 fully saturated rings. The van der Waals surface area contributed by atoms with E-state index in [1.807, 2.05) is 6.92 Å². The molecule has 102 valence electrons. The van der Waals surface area contributed by atoms with Crippen LogP contribution >= 0.6 is 0 Å². The molecule has 0 saturated heterocycles. The molecule has 1 amide bonds. The van der Waals surface area contributed by atoms with E-state index in [0.717, 1.165) is 0 Å². The normalized spacial score (nSPS) is 11.5. The van der Waals surface area contributed by atoms with Crippen molar-refractivity contribution in [2.24, 2.45) is 5.92 Å². The minimum atomic E-state index is -0.717. The summed E-state index contributed by atoms with van der Waals surface area (Å²) in [4.78, 5) is 24.2. The predicted octanol–water partition coefficient (Wildman–Crippen LogP) is 2.21. The highest BCUT2D eigenvalue weighted by Crippen LogP contribution is 2.17. The van der Waals surface area contributed by atoms with Gasteiger partial charge in [-0.25, -0.2) is 0 Å². The molecule has 0 radical (unpaired) electrons. The number of benzene rings is 1. The van der Waals surface area contributed by atoms with E-state index >= 15 is 0 Å². The lowest BCUT2D eigenvalue weighted by Gasteiger charge is -2.13. The van der Waals surface area contributed by atoms with Gasteiger partial charge < -0.3 is 10.1 Å². The molecule has 0 heterocycles. The number of Topliss-reactive ketones (excluding diaryl/α,β-unsaturated/α-hetero) is 1. The second-order valence-corrected chi connectivity index (χ2v) is 4.06. The summed E-state index contributed by atoms with van der Waals surface area (Å²) in [7, 11) is 1.56. The smallest absolute Gasteiger partial charge is 0.231 e. The molecule has 1 N–H and O–H groups in total. The van der Waals surface area contributed by atoms with Crippen molar-refractivity contribution in [3.8, 4) is 5.75 Å². The van der Waals surface area contributed by atoms with Crippen LogP contribution in [0.25, 0.3) is 0 Å². The second kappa shape index (κ2) is 7.36. The van der Waals surface area contributed by atoms with Gasteiger partial charge in [-0.1, -0.05) is 6.08 Å². The van der Waals surface area contributed by atoms with Gasteiger partial charge in [0, 0.05) is 12.1 Å². The van der Waals surface area contributed by atoms with Gasteiger partial charge in [-0.15, -0.1) is 6.58 Å². The predicted molar refractivity (Wildman–Crippen MR) is 74.3 cm³/mol. The molecule has 19 heavy (non-hydrogen) atoms. The number of hydrogen-bond donors (Lipinski definition) is 1. The first-order valence-electron chi connectivity index (χ1n) is 6.20. The summed E-state index contributed by atoms with van der Waals surface area (Å²) in [5, 5.41) is 2.67. The summed E-state index contributed by atoms with van der Waals surface area (Å²) in [6.07, 6.45) is 1.91. The highest BCUT2D eigenvalue weighted by Gasteiger charge is 2.25. The summed E-state index contributed by atoms with van der Waals surface area (Å²) in [6.45, 7) is 5.92. The van der Waals surface area contributed by atoms with Gasteiger partial charge in [-0.05, 0) is 37.6 Å². The molecule has 0 spiro atoms. The Morgan fingerprint density at radius 1 is 1.37 bits per heavy atom. The molecule has 0 aliphatic heterocycles. The number of amides is 1. The SMILES string of the molecule is C=CCC(C(=O)NCC)C(=O)c1ccc(OC)cc1. The monoisotopic (exact) mass is 261 g/mol. The van der Waals surface area contributed by atoms with E-state index < -0.39 is 5.92 Å². The van der Waals surface area contributed by atoms with Gasteiger partial charge in [0.05, 0.1) is 7.11 Å². The third kappa shape index (κ3) is 3.95. The number of ketones is 1. The summed E-state index contributed by atoms with van der Waals surface area (Å²) < 4.78 is 5.04. The number of nitrogens with one attached hydrogen (secondary N) is 1. The average molecular weight is 261 g/mol. The van der Waals surface area contributed by atoms with Crippen molar-refractivity contribution in [2.75, 3.05) is 13.7 Å². The standard InChI is InChI=1S/C15H19NO3/c1-4-6-13(15(18)16-5-2)14(17)11-7-9-12(19-3)10-8-11/h4,7-10,13H,1,5-6H2,2-3H3,(H,16,18). The molecule has 4 nitrogen and oxygen atoms in total. The van der Waals surface area contributed by atoms with E-state index in [0.29, 0.717) is 24.3 Å². The number of carbonyl (C=O) groups excluding carboxylic acids is 2. The lowest BCUT2D eigenvalue weighted by molar-refractivity contribution is -0.123. The first kappa shape index (κ1) is 15.0. The molecule has 4 heteroatoms. The Bertz CT molecular complexity index is 451. The highest BCUT2D eigenvalue weighted by atomic mass is 16.5. The molecular weight excluding hydrogens is 242 g/mol. The Morgan fingerprint density at radius 3 is 2.47 bits per heavy atom. The number of allylic oxidation sites excluding steroid dienone is 1. The first-order valence-corrected chi connectivity index (χ1v) is 6.20. The molecule has 1 rings (SSSR count). The van der Waals surface area contributed by atoms with Crippen LogP contribution in [0.5, 0.6) is 5.75 Å². The fourth-order valence-electron chi connectivity index (χ4n) is 1.75. The van der Waals surface area contributed by atoms with Crippen LogP contribution in [0, 0.1) is 5.92 Å². The van der Waals surface area contributed by atoms with Crippen molar-refractivity contribution in [1.82, 2.24) is 5.32 Å². The summed E-state index contributed by atoms with van der Waals surface area (Å²) in [6, 6.07) is 6.73. The second-order valence-electron chi connectivity index (χ2n) is 4.06. The van der Waals surface area contributed by atoms with Crippen molar-refractivity contribution in [1.29, 1.82) is 0 Å². The summed E-state index contributed by atoms with van der Waals surface area (Å²) in [5.74, 6) is -0.502. The molecule has 0 aromatic heterocycles. The van der Waals surface area contributed by atoms with E-state index in [1.54, 1.807) is 37.5 Å². The third-order valence-electron chi connectivity index (χ3n) is 2.76. The summed E-state index contributed by atoms with van der Waals surface area (Å²) >= 11 is 0. The molecule has 0 aliphatic rings. The van der Waals surface area contributed by atoms with Gasteiger partial charge in [0.1, 0.15) is 11.7 Å². The largest absolute Gasteiger partial charge is 0.497 e. The fourth-order valence-corrected chi connectivity index (χ4v) is 1.75. The van der Waals surface area contributed by atoms with Crippen LogP contribution in [0.4, 0.5) is 0 Å². The highest BCUT2D eigenvalue weighted by molar-refractivity contribution is 6.10. The fraction of sp³-hybridized carbons (Fsp3) is 0.333. The maximum Gasteiger partial charge on any atom is 0.231 e. The van der Waals surface area contributed by atoms with Gasteiger partial charge in [-0.3, -0.25) is 9.59 Å².